The van der Waals surface area contributed by atoms with Crippen LogP contribution in [0.1, 0.15) is 12.8 Å². The normalized spacial score (nSPS) is 29.5. The second-order valence-electron chi connectivity index (χ2n) is 2.73. The van der Waals surface area contributed by atoms with Gasteiger partial charge in [0.25, 0.3) is 0 Å². The van der Waals surface area contributed by atoms with Crippen LogP contribution < -0.4 is 5.32 Å². The number of hydrogen-bond acceptors (Lipinski definition) is 4. The Morgan fingerprint density at radius 1 is 1.64 bits per heavy atom. The summed E-state index contributed by atoms with van der Waals surface area (Å²) in [5.74, 6) is 0. The van der Waals surface area contributed by atoms with Crippen molar-refractivity contribution < 1.29 is 5.11 Å². The lowest BCUT2D eigenvalue weighted by Crippen LogP contribution is -2.42. The number of rotatable bonds is 2. The first-order chi connectivity index (χ1) is 5.36. The van der Waals surface area contributed by atoms with Gasteiger partial charge in [-0.2, -0.15) is 0 Å². The molecule has 0 aliphatic heterocycles. The van der Waals surface area contributed by atoms with Gasteiger partial charge < -0.3 is 10.4 Å². The van der Waals surface area contributed by atoms with Gasteiger partial charge in [-0.05, 0) is 12.8 Å². The highest BCUT2D eigenvalue weighted by Gasteiger charge is 2.28. The fourth-order valence-corrected chi connectivity index (χ4v) is 1.70. The highest BCUT2D eigenvalue weighted by atomic mass is 32.1. The van der Waals surface area contributed by atoms with E-state index in [0.717, 1.165) is 18.0 Å². The predicted molar refractivity (Wildman–Crippen MR) is 44.8 cm³/mol. The molecule has 1 aliphatic rings. The molecule has 1 heterocycles. The number of thiazole rings is 1. The quantitative estimate of drug-likeness (QED) is 0.698. The minimum Gasteiger partial charge on any atom is -0.391 e. The van der Waals surface area contributed by atoms with Crippen molar-refractivity contribution in [1.82, 2.24) is 4.98 Å². The van der Waals surface area contributed by atoms with Gasteiger partial charge in [0.1, 0.15) is 0 Å². The molecular weight excluding hydrogens is 160 g/mol. The van der Waals surface area contributed by atoms with Crippen molar-refractivity contribution in [1.29, 1.82) is 0 Å². The van der Waals surface area contributed by atoms with Crippen molar-refractivity contribution in [2.75, 3.05) is 5.32 Å². The van der Waals surface area contributed by atoms with Crippen LogP contribution in [0.25, 0.3) is 0 Å². The van der Waals surface area contributed by atoms with Gasteiger partial charge in [0.15, 0.2) is 5.13 Å². The molecule has 2 unspecified atom stereocenters. The lowest BCUT2D eigenvalue weighted by molar-refractivity contribution is 0.0786. The lowest BCUT2D eigenvalue weighted by Gasteiger charge is -2.32. The van der Waals surface area contributed by atoms with Gasteiger partial charge in [0.2, 0.25) is 0 Å². The Hall–Kier alpha value is -0.610. The van der Waals surface area contributed by atoms with Crippen molar-refractivity contribution in [3.63, 3.8) is 0 Å². The lowest BCUT2D eigenvalue weighted by atomic mass is 9.89. The number of aromatic nitrogens is 1. The van der Waals surface area contributed by atoms with E-state index in [-0.39, 0.29) is 12.1 Å². The predicted octanol–water partition coefficient (Wildman–Crippen LogP) is 1.08. The van der Waals surface area contributed by atoms with Crippen LogP contribution in [0.3, 0.4) is 0 Å². The molecule has 1 saturated carbocycles. The van der Waals surface area contributed by atoms with Crippen molar-refractivity contribution >= 4 is 16.5 Å². The molecular formula is C7H10N2OS. The molecule has 1 aromatic rings. The third-order valence-electron chi connectivity index (χ3n) is 1.98. The molecule has 0 saturated heterocycles. The molecule has 2 N–H and O–H groups in total. The molecule has 2 atom stereocenters. The maximum Gasteiger partial charge on any atom is 0.182 e. The van der Waals surface area contributed by atoms with Crippen LogP contribution >= 0.6 is 11.3 Å². The van der Waals surface area contributed by atoms with Crippen molar-refractivity contribution in [2.24, 2.45) is 0 Å². The third kappa shape index (κ3) is 1.36. The van der Waals surface area contributed by atoms with E-state index in [4.69, 9.17) is 0 Å². The first-order valence-corrected chi connectivity index (χ1v) is 4.58. The fraction of sp³-hybridized carbons (Fsp3) is 0.571. The van der Waals surface area contributed by atoms with E-state index in [1.54, 1.807) is 17.5 Å². The highest BCUT2D eigenvalue weighted by Crippen LogP contribution is 2.24. The van der Waals surface area contributed by atoms with Crippen LogP contribution in [-0.4, -0.2) is 22.2 Å². The number of nitrogens with one attached hydrogen (secondary N) is 1. The van der Waals surface area contributed by atoms with E-state index in [1.807, 2.05) is 5.38 Å². The van der Waals surface area contributed by atoms with Crippen LogP contribution in [0, 0.1) is 0 Å². The zero-order chi connectivity index (χ0) is 7.68. The third-order valence-corrected chi connectivity index (χ3v) is 2.68. The van der Waals surface area contributed by atoms with E-state index in [9.17, 15) is 5.11 Å². The number of nitrogens with zero attached hydrogens (tertiary/aromatic N) is 1. The van der Waals surface area contributed by atoms with Gasteiger partial charge >= 0.3 is 0 Å². The monoisotopic (exact) mass is 170 g/mol. The SMILES string of the molecule is OC1CCC1Nc1nccs1. The Morgan fingerprint density at radius 3 is 3.00 bits per heavy atom. The molecule has 0 radical (unpaired) electrons. The average molecular weight is 170 g/mol. The summed E-state index contributed by atoms with van der Waals surface area (Å²) in [6, 6.07) is 0.237. The molecule has 2 rings (SSSR count). The molecule has 60 valence electrons. The van der Waals surface area contributed by atoms with Crippen LogP contribution in [0.2, 0.25) is 0 Å². The van der Waals surface area contributed by atoms with E-state index < -0.39 is 0 Å². The second kappa shape index (κ2) is 2.79. The van der Waals surface area contributed by atoms with Crippen molar-refractivity contribution in [3.05, 3.63) is 11.6 Å². The Labute approximate surface area is 69.1 Å². The smallest absolute Gasteiger partial charge is 0.182 e. The molecule has 0 spiro atoms. The maximum atomic E-state index is 9.22. The van der Waals surface area contributed by atoms with E-state index in [0.29, 0.717) is 0 Å². The molecule has 11 heavy (non-hydrogen) atoms. The summed E-state index contributed by atoms with van der Waals surface area (Å²) in [4.78, 5) is 4.07. The summed E-state index contributed by atoms with van der Waals surface area (Å²) in [7, 11) is 0. The van der Waals surface area contributed by atoms with Crippen LogP contribution in [0.4, 0.5) is 5.13 Å². The Morgan fingerprint density at radius 2 is 2.55 bits per heavy atom. The van der Waals surface area contributed by atoms with E-state index >= 15 is 0 Å². The van der Waals surface area contributed by atoms with Gasteiger partial charge in [-0.15, -0.1) is 11.3 Å². The van der Waals surface area contributed by atoms with Crippen LogP contribution in [-0.2, 0) is 0 Å². The van der Waals surface area contributed by atoms with Gasteiger partial charge in [0.05, 0.1) is 12.1 Å². The number of hydrogen-bond donors (Lipinski definition) is 2. The minimum atomic E-state index is -0.168. The van der Waals surface area contributed by atoms with E-state index in [1.165, 1.54) is 0 Å². The number of anilines is 1. The first-order valence-electron chi connectivity index (χ1n) is 3.70. The molecule has 1 fully saturated rings. The maximum absolute atomic E-state index is 9.22. The topological polar surface area (TPSA) is 45.1 Å². The van der Waals surface area contributed by atoms with Crippen LogP contribution in [0.15, 0.2) is 11.6 Å². The molecule has 0 amide bonds. The van der Waals surface area contributed by atoms with Crippen LogP contribution in [0.5, 0.6) is 0 Å². The Balaban J connectivity index is 1.91. The summed E-state index contributed by atoms with van der Waals surface area (Å²) in [5.41, 5.74) is 0. The Kier molecular flexibility index (Phi) is 1.79. The van der Waals surface area contributed by atoms with Gasteiger partial charge in [-0.25, -0.2) is 4.98 Å². The number of aliphatic hydroxyl groups excluding tert-OH is 1. The molecule has 4 heteroatoms. The zero-order valence-corrected chi connectivity index (χ0v) is 6.84. The van der Waals surface area contributed by atoms with Gasteiger partial charge in [-0.3, -0.25) is 0 Å². The van der Waals surface area contributed by atoms with Crippen molar-refractivity contribution in [2.45, 2.75) is 25.0 Å². The van der Waals surface area contributed by atoms with E-state index in [2.05, 4.69) is 10.3 Å². The summed E-state index contributed by atoms with van der Waals surface area (Å²) in [6.45, 7) is 0. The highest BCUT2D eigenvalue weighted by molar-refractivity contribution is 7.13. The van der Waals surface area contributed by atoms with Crippen molar-refractivity contribution in [3.8, 4) is 0 Å². The standard InChI is InChI=1S/C7H10N2OS/c10-6-2-1-5(6)9-7-8-3-4-11-7/h3-6,10H,1-2H2,(H,8,9). The summed E-state index contributed by atoms with van der Waals surface area (Å²) < 4.78 is 0. The molecule has 1 aliphatic carbocycles. The largest absolute Gasteiger partial charge is 0.391 e. The molecule has 1 aromatic heterocycles. The summed E-state index contributed by atoms with van der Waals surface area (Å²) >= 11 is 1.57. The average Bonchev–Trinajstić information content (AvgIpc) is 2.49. The molecule has 0 bridgehead atoms. The van der Waals surface area contributed by atoms with Gasteiger partial charge in [-0.1, -0.05) is 0 Å². The van der Waals surface area contributed by atoms with Gasteiger partial charge in [0, 0.05) is 11.6 Å². The molecule has 0 aromatic carbocycles. The fourth-order valence-electron chi connectivity index (χ4n) is 1.10. The minimum absolute atomic E-state index is 0.168. The summed E-state index contributed by atoms with van der Waals surface area (Å²) in [6.07, 6.45) is 3.57. The first kappa shape index (κ1) is 7.06. The Bertz CT molecular complexity index is 224. The number of aliphatic hydroxyl groups is 1. The second-order valence-corrected chi connectivity index (χ2v) is 3.63. The summed E-state index contributed by atoms with van der Waals surface area (Å²) in [5, 5.41) is 15.2. The molecule has 3 nitrogen and oxygen atoms in total. The zero-order valence-electron chi connectivity index (χ0n) is 6.03.